The van der Waals surface area contributed by atoms with E-state index in [9.17, 15) is 0 Å². The number of ether oxygens (including phenoxy) is 1. The van der Waals surface area contributed by atoms with Gasteiger partial charge in [-0.2, -0.15) is 5.26 Å². The maximum Gasteiger partial charge on any atom is 0.231 e. The molecule has 0 aliphatic heterocycles. The van der Waals surface area contributed by atoms with Gasteiger partial charge in [-0.15, -0.1) is 0 Å². The Bertz CT molecular complexity index is 348. The molecule has 1 aromatic rings. The quantitative estimate of drug-likeness (QED) is 0.825. The third kappa shape index (κ3) is 2.98. The van der Waals surface area contributed by atoms with Gasteiger partial charge in [0, 0.05) is 17.2 Å². The van der Waals surface area contributed by atoms with Gasteiger partial charge < -0.3 is 10.1 Å². The zero-order valence-electron chi connectivity index (χ0n) is 7.75. The van der Waals surface area contributed by atoms with Gasteiger partial charge in [-0.05, 0) is 29.0 Å². The van der Waals surface area contributed by atoms with Crippen molar-refractivity contribution in [3.63, 3.8) is 0 Å². The van der Waals surface area contributed by atoms with Crippen LogP contribution in [0.15, 0.2) is 16.7 Å². The number of nitriles is 1. The standard InChI is InChI=1S/C9H10BrN3O/c1-12-2-3-14-9-7(5-11)4-8(10)6-13-9/h4,6,12H,2-3H2,1H3. The molecule has 4 nitrogen and oxygen atoms in total. The molecule has 1 N–H and O–H groups in total. The Morgan fingerprint density at radius 2 is 2.50 bits per heavy atom. The second-order valence-electron chi connectivity index (χ2n) is 2.57. The second-order valence-corrected chi connectivity index (χ2v) is 3.49. The van der Waals surface area contributed by atoms with Gasteiger partial charge >= 0.3 is 0 Å². The van der Waals surface area contributed by atoms with Crippen LogP contribution in [0.25, 0.3) is 0 Å². The molecule has 1 heterocycles. The SMILES string of the molecule is CNCCOc1ncc(Br)cc1C#N. The summed E-state index contributed by atoms with van der Waals surface area (Å²) in [5.74, 6) is 0.381. The maximum absolute atomic E-state index is 8.79. The largest absolute Gasteiger partial charge is 0.475 e. The summed E-state index contributed by atoms with van der Waals surface area (Å²) in [5.41, 5.74) is 0.440. The first-order valence-electron chi connectivity index (χ1n) is 4.11. The Balaban J connectivity index is 2.72. The minimum Gasteiger partial charge on any atom is -0.475 e. The van der Waals surface area contributed by atoms with E-state index in [1.54, 1.807) is 12.3 Å². The van der Waals surface area contributed by atoms with E-state index in [-0.39, 0.29) is 0 Å². The van der Waals surface area contributed by atoms with E-state index in [1.165, 1.54) is 0 Å². The minimum atomic E-state index is 0.381. The van der Waals surface area contributed by atoms with Crippen LogP contribution in [-0.2, 0) is 0 Å². The summed E-state index contributed by atoms with van der Waals surface area (Å²) in [6.07, 6.45) is 1.61. The number of hydrogen-bond acceptors (Lipinski definition) is 4. The summed E-state index contributed by atoms with van der Waals surface area (Å²) < 4.78 is 6.08. The first-order valence-corrected chi connectivity index (χ1v) is 4.90. The zero-order valence-corrected chi connectivity index (χ0v) is 9.34. The van der Waals surface area contributed by atoms with Crippen molar-refractivity contribution in [2.24, 2.45) is 0 Å². The topological polar surface area (TPSA) is 57.9 Å². The molecule has 1 rings (SSSR count). The van der Waals surface area contributed by atoms with Crippen molar-refractivity contribution in [2.45, 2.75) is 0 Å². The molecule has 1 aromatic heterocycles. The summed E-state index contributed by atoms with van der Waals surface area (Å²) >= 11 is 3.24. The molecule has 0 radical (unpaired) electrons. The molecular formula is C9H10BrN3O. The van der Waals surface area contributed by atoms with Crippen LogP contribution in [0.1, 0.15) is 5.56 Å². The molecule has 0 spiro atoms. The number of hydrogen-bond donors (Lipinski definition) is 1. The summed E-state index contributed by atoms with van der Waals surface area (Å²) in [6.45, 7) is 1.22. The molecule has 0 unspecified atom stereocenters. The highest BCUT2D eigenvalue weighted by Gasteiger charge is 2.04. The smallest absolute Gasteiger partial charge is 0.231 e. The van der Waals surface area contributed by atoms with E-state index >= 15 is 0 Å². The Kier molecular flexibility index (Phi) is 4.36. The molecule has 0 saturated carbocycles. The highest BCUT2D eigenvalue weighted by molar-refractivity contribution is 9.10. The third-order valence-electron chi connectivity index (χ3n) is 1.53. The molecule has 0 aromatic carbocycles. The molecule has 0 amide bonds. The first kappa shape index (κ1) is 11.0. The highest BCUT2D eigenvalue weighted by atomic mass is 79.9. The van der Waals surface area contributed by atoms with Crippen LogP contribution in [0.5, 0.6) is 5.88 Å². The van der Waals surface area contributed by atoms with Crippen LogP contribution in [-0.4, -0.2) is 25.2 Å². The number of likely N-dealkylation sites (N-methyl/N-ethyl adjacent to an activating group) is 1. The van der Waals surface area contributed by atoms with Gasteiger partial charge in [-0.1, -0.05) is 0 Å². The number of nitrogens with one attached hydrogen (secondary N) is 1. The van der Waals surface area contributed by atoms with Crippen molar-refractivity contribution >= 4 is 15.9 Å². The van der Waals surface area contributed by atoms with Crippen LogP contribution in [0.2, 0.25) is 0 Å². The molecule has 74 valence electrons. The second kappa shape index (κ2) is 5.58. The fourth-order valence-corrected chi connectivity index (χ4v) is 1.20. The average Bonchev–Trinajstić information content (AvgIpc) is 2.20. The third-order valence-corrected chi connectivity index (χ3v) is 1.96. The van der Waals surface area contributed by atoms with Crippen molar-refractivity contribution < 1.29 is 4.74 Å². The molecule has 0 fully saturated rings. The Morgan fingerprint density at radius 3 is 3.14 bits per heavy atom. The van der Waals surface area contributed by atoms with Gasteiger partial charge in [-0.25, -0.2) is 4.98 Å². The normalized spacial score (nSPS) is 9.50. The van der Waals surface area contributed by atoms with Crippen molar-refractivity contribution in [3.8, 4) is 11.9 Å². The van der Waals surface area contributed by atoms with Gasteiger partial charge in [0.1, 0.15) is 18.2 Å². The highest BCUT2D eigenvalue weighted by Crippen LogP contribution is 2.18. The van der Waals surface area contributed by atoms with Crippen LogP contribution < -0.4 is 10.1 Å². The monoisotopic (exact) mass is 255 g/mol. The minimum absolute atomic E-state index is 0.381. The van der Waals surface area contributed by atoms with Crippen molar-refractivity contribution in [3.05, 3.63) is 22.3 Å². The molecule has 14 heavy (non-hydrogen) atoms. The van der Waals surface area contributed by atoms with Gasteiger partial charge in [0.05, 0.1) is 0 Å². The predicted molar refractivity (Wildman–Crippen MR) is 56.1 cm³/mol. The first-order chi connectivity index (χ1) is 6.77. The summed E-state index contributed by atoms with van der Waals surface area (Å²) in [4.78, 5) is 4.00. The average molecular weight is 256 g/mol. The van der Waals surface area contributed by atoms with E-state index in [2.05, 4.69) is 26.2 Å². The van der Waals surface area contributed by atoms with Crippen LogP contribution >= 0.6 is 15.9 Å². The van der Waals surface area contributed by atoms with Crippen molar-refractivity contribution in [1.29, 1.82) is 5.26 Å². The predicted octanol–water partition coefficient (Wildman–Crippen LogP) is 1.31. The Hall–Kier alpha value is -1.12. The Morgan fingerprint density at radius 1 is 1.71 bits per heavy atom. The lowest BCUT2D eigenvalue weighted by Crippen LogP contribution is -2.16. The van der Waals surface area contributed by atoms with Gasteiger partial charge in [0.2, 0.25) is 5.88 Å². The van der Waals surface area contributed by atoms with E-state index < -0.39 is 0 Å². The summed E-state index contributed by atoms with van der Waals surface area (Å²) in [5, 5.41) is 11.7. The molecule has 5 heteroatoms. The zero-order chi connectivity index (χ0) is 10.4. The molecular weight excluding hydrogens is 246 g/mol. The maximum atomic E-state index is 8.79. The Labute approximate surface area is 91.0 Å². The summed E-state index contributed by atoms with van der Waals surface area (Å²) in [6, 6.07) is 3.71. The van der Waals surface area contributed by atoms with E-state index in [0.717, 1.165) is 11.0 Å². The number of rotatable bonds is 4. The van der Waals surface area contributed by atoms with E-state index in [0.29, 0.717) is 18.1 Å². The van der Waals surface area contributed by atoms with Crippen molar-refractivity contribution in [1.82, 2.24) is 10.3 Å². The van der Waals surface area contributed by atoms with Crippen LogP contribution in [0.4, 0.5) is 0 Å². The van der Waals surface area contributed by atoms with Gasteiger partial charge in [-0.3, -0.25) is 0 Å². The van der Waals surface area contributed by atoms with Crippen molar-refractivity contribution in [2.75, 3.05) is 20.2 Å². The van der Waals surface area contributed by atoms with Crippen LogP contribution in [0.3, 0.4) is 0 Å². The fraction of sp³-hybridized carbons (Fsp3) is 0.333. The van der Waals surface area contributed by atoms with Gasteiger partial charge in [0.15, 0.2) is 0 Å². The summed E-state index contributed by atoms with van der Waals surface area (Å²) in [7, 11) is 1.84. The lowest BCUT2D eigenvalue weighted by atomic mass is 10.3. The molecule has 0 aliphatic carbocycles. The molecule has 0 bridgehead atoms. The lowest BCUT2D eigenvalue weighted by molar-refractivity contribution is 0.305. The van der Waals surface area contributed by atoms with E-state index in [1.807, 2.05) is 13.1 Å². The number of aromatic nitrogens is 1. The molecule has 0 saturated heterocycles. The number of halogens is 1. The number of pyridine rings is 1. The van der Waals surface area contributed by atoms with E-state index in [4.69, 9.17) is 10.00 Å². The number of nitrogens with zero attached hydrogens (tertiary/aromatic N) is 2. The van der Waals surface area contributed by atoms with Crippen LogP contribution in [0, 0.1) is 11.3 Å². The lowest BCUT2D eigenvalue weighted by Gasteiger charge is -2.05. The molecule has 0 aliphatic rings. The van der Waals surface area contributed by atoms with Gasteiger partial charge in [0.25, 0.3) is 0 Å². The fourth-order valence-electron chi connectivity index (χ4n) is 0.872. The molecule has 0 atom stereocenters.